The standard InChI is InChI=1S/C8H13NO5S2/c10-7(5-15-6-8(11)12)9-1-3-16(13,14)4-2-9/h1-6H2,(H,11,12). The molecule has 0 aromatic carbocycles. The van der Waals surface area contributed by atoms with Gasteiger partial charge in [0.2, 0.25) is 5.91 Å². The molecule has 8 heteroatoms. The van der Waals surface area contributed by atoms with E-state index in [1.807, 2.05) is 0 Å². The van der Waals surface area contributed by atoms with Crippen LogP contribution < -0.4 is 0 Å². The van der Waals surface area contributed by atoms with Gasteiger partial charge in [0.1, 0.15) is 0 Å². The number of carbonyl (C=O) groups is 2. The zero-order valence-corrected chi connectivity index (χ0v) is 10.2. The summed E-state index contributed by atoms with van der Waals surface area (Å²) < 4.78 is 22.2. The number of hydrogen-bond donors (Lipinski definition) is 1. The Kier molecular flexibility index (Phi) is 4.60. The van der Waals surface area contributed by atoms with E-state index >= 15 is 0 Å². The number of carboxylic acid groups (broad SMARTS) is 1. The summed E-state index contributed by atoms with van der Waals surface area (Å²) in [5.74, 6) is -1.17. The van der Waals surface area contributed by atoms with Gasteiger partial charge in [0.25, 0.3) is 0 Å². The number of amides is 1. The Morgan fingerprint density at radius 3 is 2.25 bits per heavy atom. The average Bonchev–Trinajstić information content (AvgIpc) is 2.16. The van der Waals surface area contributed by atoms with Gasteiger partial charge in [0, 0.05) is 13.1 Å². The molecule has 0 aromatic heterocycles. The van der Waals surface area contributed by atoms with Crippen LogP contribution in [0.3, 0.4) is 0 Å². The summed E-state index contributed by atoms with van der Waals surface area (Å²) >= 11 is 1.02. The highest BCUT2D eigenvalue weighted by molar-refractivity contribution is 8.00. The van der Waals surface area contributed by atoms with Crippen LogP contribution in [0.4, 0.5) is 0 Å². The maximum atomic E-state index is 11.5. The van der Waals surface area contributed by atoms with E-state index in [0.717, 1.165) is 11.8 Å². The molecule has 16 heavy (non-hydrogen) atoms. The molecule has 6 nitrogen and oxygen atoms in total. The lowest BCUT2D eigenvalue weighted by Gasteiger charge is -2.26. The number of carbonyl (C=O) groups excluding carboxylic acids is 1. The fourth-order valence-corrected chi connectivity index (χ4v) is 3.11. The van der Waals surface area contributed by atoms with Crippen molar-refractivity contribution in [1.82, 2.24) is 4.90 Å². The molecule has 0 unspecified atom stereocenters. The molecule has 1 heterocycles. The van der Waals surface area contributed by atoms with Crippen LogP contribution in [-0.4, -0.2) is 66.4 Å². The minimum absolute atomic E-state index is 0.00232. The molecule has 0 radical (unpaired) electrons. The number of thioether (sulfide) groups is 1. The van der Waals surface area contributed by atoms with E-state index in [4.69, 9.17) is 5.11 Å². The second-order valence-corrected chi connectivity index (χ2v) is 6.71. The van der Waals surface area contributed by atoms with Crippen molar-refractivity contribution in [3.05, 3.63) is 0 Å². The molecular weight excluding hydrogens is 254 g/mol. The van der Waals surface area contributed by atoms with E-state index in [0.29, 0.717) is 0 Å². The van der Waals surface area contributed by atoms with Crippen molar-refractivity contribution in [2.24, 2.45) is 0 Å². The van der Waals surface area contributed by atoms with E-state index < -0.39 is 15.8 Å². The molecule has 0 saturated carbocycles. The summed E-state index contributed by atoms with van der Waals surface area (Å²) in [6.07, 6.45) is 0. The SMILES string of the molecule is O=C(O)CSCC(=O)N1CCS(=O)(=O)CC1. The van der Waals surface area contributed by atoms with Gasteiger partial charge in [-0.05, 0) is 0 Å². The molecular formula is C8H13NO5S2. The highest BCUT2D eigenvalue weighted by Crippen LogP contribution is 2.07. The largest absolute Gasteiger partial charge is 0.481 e. The molecule has 0 spiro atoms. The molecule has 0 atom stereocenters. The highest BCUT2D eigenvalue weighted by atomic mass is 32.2. The second kappa shape index (κ2) is 5.53. The number of rotatable bonds is 4. The summed E-state index contributed by atoms with van der Waals surface area (Å²) in [5.41, 5.74) is 0. The minimum Gasteiger partial charge on any atom is -0.481 e. The summed E-state index contributed by atoms with van der Waals surface area (Å²) in [5, 5.41) is 8.38. The van der Waals surface area contributed by atoms with Crippen LogP contribution in [0, 0.1) is 0 Å². The van der Waals surface area contributed by atoms with E-state index in [1.165, 1.54) is 4.90 Å². The van der Waals surface area contributed by atoms with Crippen LogP contribution in [0.2, 0.25) is 0 Å². The third kappa shape index (κ3) is 4.40. The molecule has 1 N–H and O–H groups in total. The third-order valence-corrected chi connectivity index (χ3v) is 4.66. The molecule has 1 aliphatic rings. The predicted octanol–water partition coefficient (Wildman–Crippen LogP) is -0.939. The fraction of sp³-hybridized carbons (Fsp3) is 0.750. The van der Waals surface area contributed by atoms with Crippen molar-refractivity contribution in [2.75, 3.05) is 36.1 Å². The van der Waals surface area contributed by atoms with Gasteiger partial charge in [-0.1, -0.05) is 0 Å². The first-order valence-electron chi connectivity index (χ1n) is 4.68. The van der Waals surface area contributed by atoms with Gasteiger partial charge in [-0.3, -0.25) is 9.59 Å². The van der Waals surface area contributed by atoms with Crippen molar-refractivity contribution in [3.63, 3.8) is 0 Å². The van der Waals surface area contributed by atoms with Crippen molar-refractivity contribution in [3.8, 4) is 0 Å². The Morgan fingerprint density at radius 2 is 1.75 bits per heavy atom. The Balaban J connectivity index is 2.31. The zero-order valence-electron chi connectivity index (χ0n) is 8.59. The maximum Gasteiger partial charge on any atom is 0.313 e. The van der Waals surface area contributed by atoms with Crippen LogP contribution in [0.5, 0.6) is 0 Å². The van der Waals surface area contributed by atoms with E-state index in [1.54, 1.807) is 0 Å². The quantitative estimate of drug-likeness (QED) is 0.707. The van der Waals surface area contributed by atoms with E-state index in [-0.39, 0.29) is 42.0 Å². The molecule has 1 fully saturated rings. The molecule has 1 rings (SSSR count). The third-order valence-electron chi connectivity index (χ3n) is 2.15. The van der Waals surface area contributed by atoms with Crippen molar-refractivity contribution in [1.29, 1.82) is 0 Å². The summed E-state index contributed by atoms with van der Waals surface area (Å²) in [7, 11) is -2.98. The van der Waals surface area contributed by atoms with Crippen LogP contribution in [0.15, 0.2) is 0 Å². The van der Waals surface area contributed by atoms with Crippen LogP contribution in [0.1, 0.15) is 0 Å². The topological polar surface area (TPSA) is 91.8 Å². The number of carboxylic acids is 1. The Labute approximate surface area is 97.9 Å². The lowest BCUT2D eigenvalue weighted by Crippen LogP contribution is -2.44. The molecule has 1 saturated heterocycles. The van der Waals surface area contributed by atoms with Gasteiger partial charge in [0.15, 0.2) is 9.84 Å². The zero-order chi connectivity index (χ0) is 12.2. The van der Waals surface area contributed by atoms with Crippen LogP contribution >= 0.6 is 11.8 Å². The normalized spacial score (nSPS) is 19.4. The molecule has 1 amide bonds. The van der Waals surface area contributed by atoms with Gasteiger partial charge >= 0.3 is 5.97 Å². The van der Waals surface area contributed by atoms with Crippen LogP contribution in [-0.2, 0) is 19.4 Å². The predicted molar refractivity (Wildman–Crippen MR) is 60.2 cm³/mol. The van der Waals surface area contributed by atoms with Crippen molar-refractivity contribution < 1.29 is 23.1 Å². The summed E-state index contributed by atoms with van der Waals surface area (Å²) in [6, 6.07) is 0. The van der Waals surface area contributed by atoms with Crippen molar-refractivity contribution >= 4 is 33.5 Å². The lowest BCUT2D eigenvalue weighted by atomic mass is 10.5. The highest BCUT2D eigenvalue weighted by Gasteiger charge is 2.24. The first-order valence-corrected chi connectivity index (χ1v) is 7.66. The molecule has 0 bridgehead atoms. The monoisotopic (exact) mass is 267 g/mol. The van der Waals surface area contributed by atoms with E-state index in [9.17, 15) is 18.0 Å². The lowest BCUT2D eigenvalue weighted by molar-refractivity contribution is -0.133. The average molecular weight is 267 g/mol. The number of sulfone groups is 1. The van der Waals surface area contributed by atoms with Gasteiger partial charge in [-0.2, -0.15) is 0 Å². The maximum absolute atomic E-state index is 11.5. The Morgan fingerprint density at radius 1 is 1.19 bits per heavy atom. The van der Waals surface area contributed by atoms with Gasteiger partial charge in [0.05, 0.1) is 23.0 Å². The van der Waals surface area contributed by atoms with Gasteiger partial charge in [-0.25, -0.2) is 8.42 Å². The van der Waals surface area contributed by atoms with E-state index in [2.05, 4.69) is 0 Å². The summed E-state index contributed by atoms with van der Waals surface area (Å²) in [6.45, 7) is 0.434. The first kappa shape index (κ1) is 13.3. The van der Waals surface area contributed by atoms with Gasteiger partial charge in [-0.15, -0.1) is 11.8 Å². The molecule has 0 aliphatic carbocycles. The fourth-order valence-electron chi connectivity index (χ4n) is 1.28. The molecule has 92 valence electrons. The van der Waals surface area contributed by atoms with Crippen LogP contribution in [0.25, 0.3) is 0 Å². The van der Waals surface area contributed by atoms with Gasteiger partial charge < -0.3 is 10.0 Å². The number of aliphatic carboxylic acids is 1. The smallest absolute Gasteiger partial charge is 0.313 e. The first-order chi connectivity index (χ1) is 7.41. The molecule has 0 aromatic rings. The number of nitrogens with zero attached hydrogens (tertiary/aromatic N) is 1. The molecule has 1 aliphatic heterocycles. The number of hydrogen-bond acceptors (Lipinski definition) is 5. The van der Waals surface area contributed by atoms with Crippen molar-refractivity contribution in [2.45, 2.75) is 0 Å². The Hall–Kier alpha value is -0.760. The minimum atomic E-state index is -2.98. The second-order valence-electron chi connectivity index (χ2n) is 3.42. The summed E-state index contributed by atoms with van der Waals surface area (Å²) in [4.78, 5) is 23.2. The Bertz CT molecular complexity index is 364.